The van der Waals surface area contributed by atoms with Gasteiger partial charge < -0.3 is 15.4 Å². The van der Waals surface area contributed by atoms with Gasteiger partial charge in [-0.3, -0.25) is 4.79 Å². The zero-order valence-corrected chi connectivity index (χ0v) is 16.5. The summed E-state index contributed by atoms with van der Waals surface area (Å²) in [6.07, 6.45) is 6.91. The molecule has 8 heteroatoms. The highest BCUT2D eigenvalue weighted by molar-refractivity contribution is 5.91. The summed E-state index contributed by atoms with van der Waals surface area (Å²) in [7, 11) is 0. The van der Waals surface area contributed by atoms with Gasteiger partial charge in [0.2, 0.25) is 11.8 Å². The van der Waals surface area contributed by atoms with Crippen molar-refractivity contribution in [2.45, 2.75) is 44.2 Å². The maximum Gasteiger partial charge on any atom is 0.238 e. The first-order valence-corrected chi connectivity index (χ1v) is 8.86. The molecule has 27 heavy (non-hydrogen) atoms. The Bertz CT molecular complexity index is 735. The van der Waals surface area contributed by atoms with E-state index in [0.29, 0.717) is 36.1 Å². The minimum Gasteiger partial charge on any atom is -0.437 e. The lowest BCUT2D eigenvalue weighted by Gasteiger charge is -2.28. The van der Waals surface area contributed by atoms with E-state index in [1.54, 1.807) is 24.4 Å². The Morgan fingerprint density at radius 3 is 2.63 bits per heavy atom. The molecule has 1 amide bonds. The van der Waals surface area contributed by atoms with Gasteiger partial charge in [-0.25, -0.2) is 0 Å². The van der Waals surface area contributed by atoms with Crippen molar-refractivity contribution in [2.24, 2.45) is 5.92 Å². The van der Waals surface area contributed by atoms with Crippen LogP contribution in [0.25, 0.3) is 0 Å². The summed E-state index contributed by atoms with van der Waals surface area (Å²) >= 11 is 0. The van der Waals surface area contributed by atoms with Crippen LogP contribution in [0.15, 0.2) is 42.6 Å². The van der Waals surface area contributed by atoms with Gasteiger partial charge >= 0.3 is 0 Å². The van der Waals surface area contributed by atoms with Crippen molar-refractivity contribution in [3.05, 3.63) is 42.6 Å². The predicted octanol–water partition coefficient (Wildman–Crippen LogP) is 3.97. The average Bonchev–Trinajstić information content (AvgIpc) is 2.94. The van der Waals surface area contributed by atoms with Crippen LogP contribution >= 0.6 is 24.8 Å². The summed E-state index contributed by atoms with van der Waals surface area (Å²) in [5.74, 6) is 1.61. The minimum atomic E-state index is 0. The number of ether oxygens (including phenoxy) is 1. The van der Waals surface area contributed by atoms with Gasteiger partial charge in [0.25, 0.3) is 0 Å². The van der Waals surface area contributed by atoms with Crippen LogP contribution in [0.3, 0.4) is 0 Å². The second-order valence-electron chi connectivity index (χ2n) is 6.92. The number of nitrogens with one attached hydrogen (secondary N) is 2. The Labute approximate surface area is 171 Å². The zero-order chi connectivity index (χ0) is 17.1. The molecular weight excluding hydrogens is 387 g/mol. The van der Waals surface area contributed by atoms with E-state index < -0.39 is 0 Å². The standard InChI is InChI=1S/C19H22N4O2.2ClH/c24-18(11-13-9-15-6-7-16(10-13)21-15)22-14-3-1-4-17(12-14)25-19-5-2-8-20-23-19;;/h1-5,8,12-13,15-16,21H,6-7,9-11H2,(H,22,24);2*1H. The summed E-state index contributed by atoms with van der Waals surface area (Å²) in [5, 5.41) is 14.3. The highest BCUT2D eigenvalue weighted by Crippen LogP contribution is 2.33. The molecule has 2 aromatic rings. The summed E-state index contributed by atoms with van der Waals surface area (Å²) in [5.41, 5.74) is 0.739. The minimum absolute atomic E-state index is 0. The first-order valence-electron chi connectivity index (χ1n) is 8.86. The summed E-state index contributed by atoms with van der Waals surface area (Å²) < 4.78 is 5.65. The second kappa shape index (κ2) is 9.88. The lowest BCUT2D eigenvalue weighted by atomic mass is 9.89. The second-order valence-corrected chi connectivity index (χ2v) is 6.92. The van der Waals surface area contributed by atoms with Crippen LogP contribution in [0.2, 0.25) is 0 Å². The maximum absolute atomic E-state index is 12.4. The first kappa shape index (κ1) is 21.4. The third kappa shape index (κ3) is 5.79. The molecule has 0 spiro atoms. The Morgan fingerprint density at radius 2 is 1.93 bits per heavy atom. The van der Waals surface area contributed by atoms with Crippen molar-refractivity contribution in [2.75, 3.05) is 5.32 Å². The van der Waals surface area contributed by atoms with E-state index in [2.05, 4.69) is 20.8 Å². The van der Waals surface area contributed by atoms with Gasteiger partial charge in [-0.15, -0.1) is 29.9 Å². The summed E-state index contributed by atoms with van der Waals surface area (Å²) in [6.45, 7) is 0. The topological polar surface area (TPSA) is 76.1 Å². The van der Waals surface area contributed by atoms with Crippen molar-refractivity contribution in [3.8, 4) is 11.6 Å². The number of aromatic nitrogens is 2. The molecule has 4 rings (SSSR count). The van der Waals surface area contributed by atoms with Crippen molar-refractivity contribution < 1.29 is 9.53 Å². The molecule has 2 aliphatic rings. The number of piperidine rings is 1. The Kier molecular flexibility index (Phi) is 7.83. The molecule has 3 heterocycles. The highest BCUT2D eigenvalue weighted by atomic mass is 35.5. The van der Waals surface area contributed by atoms with Gasteiger partial charge in [-0.05, 0) is 49.8 Å². The molecule has 2 fully saturated rings. The van der Waals surface area contributed by atoms with Crippen LogP contribution in [0, 0.1) is 5.92 Å². The lowest BCUT2D eigenvalue weighted by Crippen LogP contribution is -2.39. The van der Waals surface area contributed by atoms with Crippen molar-refractivity contribution >= 4 is 36.4 Å². The SMILES string of the molecule is Cl.Cl.O=C(CC1CC2CCC(C1)N2)Nc1cccc(Oc2cccnn2)c1. The van der Waals surface area contributed by atoms with Crippen LogP contribution < -0.4 is 15.4 Å². The van der Waals surface area contributed by atoms with Crippen molar-refractivity contribution in [1.82, 2.24) is 15.5 Å². The smallest absolute Gasteiger partial charge is 0.238 e. The number of amides is 1. The fourth-order valence-electron chi connectivity index (χ4n) is 3.92. The third-order valence-corrected chi connectivity index (χ3v) is 4.93. The molecule has 146 valence electrons. The van der Waals surface area contributed by atoms with E-state index in [1.807, 2.05) is 18.2 Å². The Hall–Kier alpha value is -1.89. The van der Waals surface area contributed by atoms with Crippen molar-refractivity contribution in [3.63, 3.8) is 0 Å². The van der Waals surface area contributed by atoms with Gasteiger partial charge in [0.05, 0.1) is 0 Å². The van der Waals surface area contributed by atoms with E-state index >= 15 is 0 Å². The molecule has 1 aromatic carbocycles. The normalized spacial score (nSPS) is 22.9. The molecule has 2 N–H and O–H groups in total. The first-order chi connectivity index (χ1) is 12.2. The quantitative estimate of drug-likeness (QED) is 0.779. The Morgan fingerprint density at radius 1 is 1.15 bits per heavy atom. The third-order valence-electron chi connectivity index (χ3n) is 4.93. The van der Waals surface area contributed by atoms with Crippen molar-refractivity contribution in [1.29, 1.82) is 0 Å². The number of rotatable bonds is 5. The van der Waals surface area contributed by atoms with E-state index in [-0.39, 0.29) is 30.7 Å². The molecule has 2 unspecified atom stereocenters. The van der Waals surface area contributed by atoms with E-state index in [1.165, 1.54) is 12.8 Å². The molecule has 6 nitrogen and oxygen atoms in total. The van der Waals surface area contributed by atoms with Gasteiger partial charge in [0.15, 0.2) is 0 Å². The van der Waals surface area contributed by atoms with Crippen LogP contribution in [-0.4, -0.2) is 28.2 Å². The molecule has 2 bridgehead atoms. The van der Waals surface area contributed by atoms with Crippen LogP contribution in [0.1, 0.15) is 32.1 Å². The van der Waals surface area contributed by atoms with Gasteiger partial charge in [-0.2, -0.15) is 5.10 Å². The van der Waals surface area contributed by atoms with E-state index in [0.717, 1.165) is 18.5 Å². The number of halogens is 2. The molecule has 0 aliphatic carbocycles. The number of carbonyl (C=O) groups is 1. The van der Waals surface area contributed by atoms with Gasteiger partial charge in [0, 0.05) is 42.5 Å². The number of hydrogen-bond donors (Lipinski definition) is 2. The van der Waals surface area contributed by atoms with E-state index in [4.69, 9.17) is 4.74 Å². The zero-order valence-electron chi connectivity index (χ0n) is 14.8. The number of nitrogens with zero attached hydrogens (tertiary/aromatic N) is 2. The van der Waals surface area contributed by atoms with E-state index in [9.17, 15) is 4.79 Å². The fourth-order valence-corrected chi connectivity index (χ4v) is 3.92. The molecule has 0 saturated carbocycles. The number of anilines is 1. The fraction of sp³-hybridized carbons (Fsp3) is 0.421. The largest absolute Gasteiger partial charge is 0.437 e. The summed E-state index contributed by atoms with van der Waals surface area (Å²) in [6, 6.07) is 12.1. The van der Waals surface area contributed by atoms with Crippen LogP contribution in [0.4, 0.5) is 5.69 Å². The lowest BCUT2D eigenvalue weighted by molar-refractivity contribution is -0.117. The molecule has 2 aliphatic heterocycles. The monoisotopic (exact) mass is 410 g/mol. The molecule has 1 aromatic heterocycles. The maximum atomic E-state index is 12.4. The number of benzene rings is 1. The molecule has 2 saturated heterocycles. The molecular formula is C19H24Cl2N4O2. The Balaban J connectivity index is 0.00000131. The number of fused-ring (bicyclic) bond motifs is 2. The number of carbonyl (C=O) groups excluding carboxylic acids is 1. The summed E-state index contributed by atoms with van der Waals surface area (Å²) in [4.78, 5) is 12.4. The van der Waals surface area contributed by atoms with Gasteiger partial charge in [-0.1, -0.05) is 6.07 Å². The molecule has 0 radical (unpaired) electrons. The highest BCUT2D eigenvalue weighted by Gasteiger charge is 2.34. The molecule has 2 atom stereocenters. The predicted molar refractivity (Wildman–Crippen MR) is 109 cm³/mol. The van der Waals surface area contributed by atoms with Crippen LogP contribution in [0.5, 0.6) is 11.6 Å². The number of hydrogen-bond acceptors (Lipinski definition) is 5. The van der Waals surface area contributed by atoms with Crippen LogP contribution in [-0.2, 0) is 4.79 Å². The average molecular weight is 411 g/mol. The van der Waals surface area contributed by atoms with Gasteiger partial charge in [0.1, 0.15) is 5.75 Å².